The molecule has 0 aliphatic heterocycles. The zero-order valence-corrected chi connectivity index (χ0v) is 18.8. The van der Waals surface area contributed by atoms with Crippen molar-refractivity contribution in [2.75, 3.05) is 28.4 Å². The Morgan fingerprint density at radius 1 is 0.727 bits per heavy atom. The highest BCUT2D eigenvalue weighted by molar-refractivity contribution is 6.01. The molecule has 0 aliphatic carbocycles. The molecule has 7 heteroatoms. The molecule has 0 radical (unpaired) electrons. The highest BCUT2D eigenvalue weighted by Gasteiger charge is 2.22. The van der Waals surface area contributed by atoms with E-state index in [-0.39, 0.29) is 0 Å². The molecule has 0 bridgehead atoms. The standard InChI is InChI=1S/C26H24O7/c1-28-20-12-17(10-11-19(20)32-15-16-8-6-5-7-9-16)18-13-23(27)33-21-14-22(29-2)25(30-3)26(31-4)24(18)21/h5-14H,15H2,1-4H3. The molecule has 0 fully saturated rings. The van der Waals surface area contributed by atoms with Crippen molar-refractivity contribution in [2.45, 2.75) is 6.61 Å². The second-order valence-electron chi connectivity index (χ2n) is 7.14. The lowest BCUT2D eigenvalue weighted by Gasteiger charge is -2.17. The zero-order chi connectivity index (χ0) is 23.4. The van der Waals surface area contributed by atoms with Crippen molar-refractivity contribution >= 4 is 11.0 Å². The van der Waals surface area contributed by atoms with E-state index < -0.39 is 5.63 Å². The Balaban J connectivity index is 1.83. The SMILES string of the molecule is COc1cc(-c2cc(=O)oc3cc(OC)c(OC)c(OC)c23)ccc1OCc1ccccc1. The van der Waals surface area contributed by atoms with Crippen LogP contribution in [0.2, 0.25) is 0 Å². The van der Waals surface area contributed by atoms with Gasteiger partial charge >= 0.3 is 5.63 Å². The first-order chi connectivity index (χ1) is 16.1. The summed E-state index contributed by atoms with van der Waals surface area (Å²) in [6.07, 6.45) is 0. The highest BCUT2D eigenvalue weighted by atomic mass is 16.5. The Kier molecular flexibility index (Phi) is 6.40. The zero-order valence-electron chi connectivity index (χ0n) is 18.8. The van der Waals surface area contributed by atoms with Crippen molar-refractivity contribution in [3.8, 4) is 39.9 Å². The van der Waals surface area contributed by atoms with E-state index in [0.29, 0.717) is 51.9 Å². The van der Waals surface area contributed by atoms with Gasteiger partial charge in [-0.25, -0.2) is 4.79 Å². The largest absolute Gasteiger partial charge is 0.493 e. The summed E-state index contributed by atoms with van der Waals surface area (Å²) in [4.78, 5) is 12.4. The van der Waals surface area contributed by atoms with Crippen LogP contribution in [0.4, 0.5) is 0 Å². The molecule has 0 aliphatic rings. The maximum absolute atomic E-state index is 12.4. The lowest BCUT2D eigenvalue weighted by atomic mass is 10.00. The van der Waals surface area contributed by atoms with Gasteiger partial charge in [0.05, 0.1) is 33.8 Å². The summed E-state index contributed by atoms with van der Waals surface area (Å²) in [5.74, 6) is 2.31. The van der Waals surface area contributed by atoms with Crippen molar-refractivity contribution < 1.29 is 28.1 Å². The van der Waals surface area contributed by atoms with E-state index in [1.54, 1.807) is 13.2 Å². The Morgan fingerprint density at radius 2 is 1.45 bits per heavy atom. The predicted octanol–water partition coefficient (Wildman–Crippen LogP) is 5.07. The summed E-state index contributed by atoms with van der Waals surface area (Å²) in [5, 5.41) is 0.578. The number of hydrogen-bond donors (Lipinski definition) is 0. The first kappa shape index (κ1) is 22.1. The van der Waals surface area contributed by atoms with E-state index >= 15 is 0 Å². The smallest absolute Gasteiger partial charge is 0.336 e. The van der Waals surface area contributed by atoms with Gasteiger partial charge < -0.3 is 28.1 Å². The second-order valence-corrected chi connectivity index (χ2v) is 7.14. The third-order valence-electron chi connectivity index (χ3n) is 5.25. The minimum atomic E-state index is -0.504. The van der Waals surface area contributed by atoms with Crippen LogP contribution in [-0.2, 0) is 6.61 Å². The van der Waals surface area contributed by atoms with E-state index in [1.165, 1.54) is 27.4 Å². The van der Waals surface area contributed by atoms with Crippen LogP contribution >= 0.6 is 0 Å². The van der Waals surface area contributed by atoms with Gasteiger partial charge in [0.2, 0.25) is 5.75 Å². The van der Waals surface area contributed by atoms with Crippen LogP contribution in [0.15, 0.2) is 69.9 Å². The number of hydrogen-bond acceptors (Lipinski definition) is 7. The Labute approximate surface area is 191 Å². The van der Waals surface area contributed by atoms with E-state index in [9.17, 15) is 4.79 Å². The minimum Gasteiger partial charge on any atom is -0.493 e. The van der Waals surface area contributed by atoms with E-state index in [4.69, 9.17) is 28.1 Å². The summed E-state index contributed by atoms with van der Waals surface area (Å²) in [6, 6.07) is 18.4. The molecule has 0 unspecified atom stereocenters. The van der Waals surface area contributed by atoms with Gasteiger partial charge in [-0.2, -0.15) is 0 Å². The topological polar surface area (TPSA) is 76.4 Å². The summed E-state index contributed by atoms with van der Waals surface area (Å²) in [5.41, 5.74) is 2.18. The molecule has 33 heavy (non-hydrogen) atoms. The lowest BCUT2D eigenvalue weighted by molar-refractivity contribution is 0.284. The first-order valence-corrected chi connectivity index (χ1v) is 10.2. The third-order valence-corrected chi connectivity index (χ3v) is 5.25. The number of fused-ring (bicyclic) bond motifs is 1. The normalized spacial score (nSPS) is 10.7. The number of rotatable bonds is 8. The van der Waals surface area contributed by atoms with Gasteiger partial charge in [0.25, 0.3) is 0 Å². The molecule has 0 amide bonds. The molecule has 0 spiro atoms. The van der Waals surface area contributed by atoms with Gasteiger partial charge in [0.15, 0.2) is 23.0 Å². The van der Waals surface area contributed by atoms with Crippen molar-refractivity contribution in [2.24, 2.45) is 0 Å². The van der Waals surface area contributed by atoms with Crippen LogP contribution in [0.5, 0.6) is 28.7 Å². The van der Waals surface area contributed by atoms with Gasteiger partial charge in [0, 0.05) is 17.7 Å². The van der Waals surface area contributed by atoms with Crippen LogP contribution in [0, 0.1) is 0 Å². The number of benzene rings is 3. The average Bonchev–Trinajstić information content (AvgIpc) is 2.86. The molecule has 170 valence electrons. The molecule has 0 saturated heterocycles. The predicted molar refractivity (Wildman–Crippen MR) is 125 cm³/mol. The minimum absolute atomic E-state index is 0.315. The average molecular weight is 448 g/mol. The number of methoxy groups -OCH3 is 4. The molecule has 7 nitrogen and oxygen atoms in total. The van der Waals surface area contributed by atoms with Gasteiger partial charge in [-0.05, 0) is 23.3 Å². The molecule has 0 atom stereocenters. The quantitative estimate of drug-likeness (QED) is 0.348. The van der Waals surface area contributed by atoms with Crippen molar-refractivity contribution in [3.05, 3.63) is 76.6 Å². The molecule has 4 aromatic rings. The maximum Gasteiger partial charge on any atom is 0.336 e. The van der Waals surface area contributed by atoms with Crippen LogP contribution < -0.4 is 29.3 Å². The Hall–Kier alpha value is -4.13. The monoisotopic (exact) mass is 448 g/mol. The molecular weight excluding hydrogens is 424 g/mol. The molecule has 3 aromatic carbocycles. The summed E-state index contributed by atoms with van der Waals surface area (Å²) in [6.45, 7) is 0.402. The van der Waals surface area contributed by atoms with Crippen LogP contribution in [0.1, 0.15) is 5.56 Å². The molecule has 1 heterocycles. The summed E-state index contributed by atoms with van der Waals surface area (Å²) < 4.78 is 33.5. The van der Waals surface area contributed by atoms with E-state index in [1.807, 2.05) is 48.5 Å². The van der Waals surface area contributed by atoms with Crippen LogP contribution in [-0.4, -0.2) is 28.4 Å². The fraction of sp³-hybridized carbons (Fsp3) is 0.192. The molecule has 1 aromatic heterocycles. The lowest BCUT2D eigenvalue weighted by Crippen LogP contribution is -2.02. The first-order valence-electron chi connectivity index (χ1n) is 10.2. The van der Waals surface area contributed by atoms with Crippen LogP contribution in [0.25, 0.3) is 22.1 Å². The second kappa shape index (κ2) is 9.56. The fourth-order valence-electron chi connectivity index (χ4n) is 3.71. The van der Waals surface area contributed by atoms with Gasteiger partial charge in [-0.15, -0.1) is 0 Å². The van der Waals surface area contributed by atoms with E-state index in [2.05, 4.69) is 0 Å². The Bertz CT molecular complexity index is 1330. The van der Waals surface area contributed by atoms with Crippen molar-refractivity contribution in [1.29, 1.82) is 0 Å². The van der Waals surface area contributed by atoms with E-state index in [0.717, 1.165) is 11.1 Å². The summed E-state index contributed by atoms with van der Waals surface area (Å²) >= 11 is 0. The maximum atomic E-state index is 12.4. The van der Waals surface area contributed by atoms with Crippen LogP contribution in [0.3, 0.4) is 0 Å². The number of ether oxygens (including phenoxy) is 5. The van der Waals surface area contributed by atoms with Gasteiger partial charge in [-0.3, -0.25) is 0 Å². The molecule has 4 rings (SSSR count). The van der Waals surface area contributed by atoms with Crippen molar-refractivity contribution in [1.82, 2.24) is 0 Å². The molecular formula is C26H24O7. The highest BCUT2D eigenvalue weighted by Crippen LogP contribution is 2.47. The molecule has 0 N–H and O–H groups in total. The third kappa shape index (κ3) is 4.30. The van der Waals surface area contributed by atoms with Crippen molar-refractivity contribution in [3.63, 3.8) is 0 Å². The van der Waals surface area contributed by atoms with Gasteiger partial charge in [0.1, 0.15) is 12.2 Å². The Morgan fingerprint density at radius 3 is 2.12 bits per heavy atom. The summed E-state index contributed by atoms with van der Waals surface area (Å²) in [7, 11) is 6.12. The van der Waals surface area contributed by atoms with Gasteiger partial charge in [-0.1, -0.05) is 36.4 Å². The fourth-order valence-corrected chi connectivity index (χ4v) is 3.71. The molecule has 0 saturated carbocycles.